The van der Waals surface area contributed by atoms with Gasteiger partial charge in [-0.15, -0.1) is 0 Å². The summed E-state index contributed by atoms with van der Waals surface area (Å²) in [4.78, 5) is 8.60. The molecule has 0 atom stereocenters. The van der Waals surface area contributed by atoms with Gasteiger partial charge in [-0.1, -0.05) is 73.0 Å². The first-order valence-electron chi connectivity index (χ1n) is 12.4. The molecule has 0 aromatic heterocycles. The molecule has 184 valence electrons. The zero-order valence-electron chi connectivity index (χ0n) is 20.6. The second-order valence-corrected chi connectivity index (χ2v) is 10.5. The summed E-state index contributed by atoms with van der Waals surface area (Å²) in [7, 11) is 0. The lowest BCUT2D eigenvalue weighted by Gasteiger charge is -2.32. The predicted octanol–water partition coefficient (Wildman–Crippen LogP) is 7.67. The summed E-state index contributed by atoms with van der Waals surface area (Å²) in [5, 5.41) is 20.7. The normalized spacial score (nSPS) is 14.7. The average molecular weight is 490 g/mol. The highest BCUT2D eigenvalue weighted by atomic mass is 32.2. The van der Waals surface area contributed by atoms with Crippen LogP contribution in [-0.4, -0.2) is 26.9 Å². The summed E-state index contributed by atoms with van der Waals surface area (Å²) in [6.07, 6.45) is 6.33. The Hall–Kier alpha value is -2.96. The van der Waals surface area contributed by atoms with Crippen LogP contribution in [0.15, 0.2) is 76.6 Å². The molecule has 0 heterocycles. The van der Waals surface area contributed by atoms with E-state index in [1.54, 1.807) is 17.8 Å². The molecular formula is C29H35N3O2S. The van der Waals surface area contributed by atoms with Gasteiger partial charge in [-0.3, -0.25) is 10.7 Å². The van der Waals surface area contributed by atoms with E-state index in [4.69, 9.17) is 4.99 Å². The van der Waals surface area contributed by atoms with Crippen molar-refractivity contribution in [1.82, 2.24) is 4.90 Å². The zero-order chi connectivity index (χ0) is 24.6. The van der Waals surface area contributed by atoms with Crippen LogP contribution in [0.2, 0.25) is 0 Å². The number of anilines is 1. The van der Waals surface area contributed by atoms with Crippen LogP contribution in [0.1, 0.15) is 48.8 Å². The fraction of sp³-hybridized carbons (Fsp3) is 0.345. The summed E-state index contributed by atoms with van der Waals surface area (Å²) < 4.78 is 0. The molecule has 0 unspecified atom stereocenters. The Labute approximate surface area is 212 Å². The molecule has 3 aromatic carbocycles. The summed E-state index contributed by atoms with van der Waals surface area (Å²) in [6.45, 7) is 5.80. The molecule has 1 saturated carbocycles. The number of phenolic OH excluding ortho intramolecular Hbond substituents is 1. The van der Waals surface area contributed by atoms with Crippen LogP contribution in [0, 0.1) is 19.8 Å². The van der Waals surface area contributed by atoms with Gasteiger partial charge in [0.2, 0.25) is 0 Å². The van der Waals surface area contributed by atoms with Gasteiger partial charge in [0.15, 0.2) is 5.17 Å². The van der Waals surface area contributed by atoms with Crippen molar-refractivity contribution in [3.63, 3.8) is 0 Å². The first-order valence-corrected chi connectivity index (χ1v) is 13.2. The number of benzene rings is 3. The molecule has 0 amide bonds. The van der Waals surface area contributed by atoms with Gasteiger partial charge in [0.05, 0.1) is 11.4 Å². The fourth-order valence-corrected chi connectivity index (χ4v) is 5.67. The molecule has 0 bridgehead atoms. The minimum absolute atomic E-state index is 0.274. The molecule has 35 heavy (non-hydrogen) atoms. The fourth-order valence-electron chi connectivity index (χ4n) is 4.71. The molecule has 4 rings (SSSR count). The third-order valence-corrected chi connectivity index (χ3v) is 7.74. The number of aliphatic imine (C=N–C) groups is 1. The second-order valence-electron chi connectivity index (χ2n) is 9.45. The summed E-state index contributed by atoms with van der Waals surface area (Å²) in [6, 6.07) is 21.5. The van der Waals surface area contributed by atoms with E-state index in [1.165, 1.54) is 43.2 Å². The molecule has 3 aromatic rings. The topological polar surface area (TPSA) is 68.1 Å². The van der Waals surface area contributed by atoms with Gasteiger partial charge in [-0.2, -0.15) is 0 Å². The van der Waals surface area contributed by atoms with Crippen LogP contribution < -0.4 is 5.48 Å². The molecular weight excluding hydrogens is 454 g/mol. The van der Waals surface area contributed by atoms with Gasteiger partial charge in [0.25, 0.3) is 0 Å². The van der Waals surface area contributed by atoms with Crippen molar-refractivity contribution < 1.29 is 10.3 Å². The van der Waals surface area contributed by atoms with Crippen molar-refractivity contribution in [3.05, 3.63) is 83.4 Å². The number of nitrogens with one attached hydrogen (secondary N) is 1. The minimum atomic E-state index is 0.274. The van der Waals surface area contributed by atoms with Crippen molar-refractivity contribution in [2.24, 2.45) is 10.9 Å². The number of hydrogen-bond donors (Lipinski definition) is 3. The van der Waals surface area contributed by atoms with Crippen LogP contribution in [0.4, 0.5) is 11.4 Å². The number of para-hydroxylation sites is 2. The van der Waals surface area contributed by atoms with E-state index in [9.17, 15) is 10.3 Å². The maximum atomic E-state index is 10.1. The molecule has 1 aliphatic rings. The van der Waals surface area contributed by atoms with E-state index in [1.807, 2.05) is 36.4 Å². The summed E-state index contributed by atoms with van der Waals surface area (Å²) in [5.74, 6) is 0.882. The van der Waals surface area contributed by atoms with Gasteiger partial charge < -0.3 is 10.0 Å². The zero-order valence-corrected chi connectivity index (χ0v) is 21.4. The van der Waals surface area contributed by atoms with Gasteiger partial charge in [-0.05, 0) is 74.1 Å². The molecule has 1 aliphatic carbocycles. The number of rotatable bonds is 7. The van der Waals surface area contributed by atoms with Gasteiger partial charge in [0, 0.05) is 18.0 Å². The van der Waals surface area contributed by atoms with E-state index in [0.717, 1.165) is 22.2 Å². The van der Waals surface area contributed by atoms with Crippen molar-refractivity contribution in [1.29, 1.82) is 0 Å². The molecule has 3 N–H and O–H groups in total. The summed E-state index contributed by atoms with van der Waals surface area (Å²) >= 11 is 1.66. The Bertz CT molecular complexity index is 1160. The van der Waals surface area contributed by atoms with Crippen LogP contribution in [0.5, 0.6) is 5.75 Å². The first kappa shape index (κ1) is 25.1. The second kappa shape index (κ2) is 12.1. The SMILES string of the molecule is Cc1ccc(SC(=Nc2ccccc2NO)N(Cc2cccc(O)c2)CC2CCCCC2)c(C)c1. The van der Waals surface area contributed by atoms with Crippen LogP contribution in [-0.2, 0) is 6.54 Å². The molecule has 6 heteroatoms. The molecule has 0 spiro atoms. The van der Waals surface area contributed by atoms with Crippen LogP contribution in [0.25, 0.3) is 0 Å². The number of phenols is 1. The van der Waals surface area contributed by atoms with Crippen LogP contribution in [0.3, 0.4) is 0 Å². The monoisotopic (exact) mass is 489 g/mol. The minimum Gasteiger partial charge on any atom is -0.508 e. The Kier molecular flexibility index (Phi) is 8.72. The van der Waals surface area contributed by atoms with E-state index < -0.39 is 0 Å². The highest BCUT2D eigenvalue weighted by Gasteiger charge is 2.22. The molecule has 1 fully saturated rings. The third-order valence-electron chi connectivity index (χ3n) is 6.53. The maximum absolute atomic E-state index is 10.1. The predicted molar refractivity (Wildman–Crippen MR) is 146 cm³/mol. The standard InChI is InChI=1S/C29H35N3O2S/c1-21-15-16-28(22(2)17-21)35-29(30-26-13-6-7-14-27(26)31-34)32(19-23-9-4-3-5-10-23)20-24-11-8-12-25(33)18-24/h6-8,11-18,23,31,33-34H,3-5,9-10,19-20H2,1-2H3. The van der Waals surface area contributed by atoms with Crippen molar-refractivity contribution in [2.75, 3.05) is 12.0 Å². The Morgan fingerprint density at radius 1 is 1.00 bits per heavy atom. The lowest BCUT2D eigenvalue weighted by Crippen LogP contribution is -2.34. The number of amidine groups is 1. The Morgan fingerprint density at radius 2 is 1.80 bits per heavy atom. The number of aromatic hydroxyl groups is 1. The lowest BCUT2D eigenvalue weighted by atomic mass is 9.89. The Morgan fingerprint density at radius 3 is 2.54 bits per heavy atom. The number of nitrogens with zero attached hydrogens (tertiary/aromatic N) is 2. The average Bonchev–Trinajstić information content (AvgIpc) is 2.86. The smallest absolute Gasteiger partial charge is 0.169 e. The van der Waals surface area contributed by atoms with E-state index >= 15 is 0 Å². The maximum Gasteiger partial charge on any atom is 0.169 e. The molecule has 0 radical (unpaired) electrons. The molecule has 5 nitrogen and oxygen atoms in total. The van der Waals surface area contributed by atoms with E-state index in [0.29, 0.717) is 23.8 Å². The molecule has 0 aliphatic heterocycles. The number of hydrogen-bond acceptors (Lipinski definition) is 5. The Balaban J connectivity index is 1.75. The van der Waals surface area contributed by atoms with Gasteiger partial charge in [0.1, 0.15) is 5.75 Å². The summed E-state index contributed by atoms with van der Waals surface area (Å²) in [5.41, 5.74) is 7.04. The highest BCUT2D eigenvalue weighted by molar-refractivity contribution is 8.13. The largest absolute Gasteiger partial charge is 0.508 e. The van der Waals surface area contributed by atoms with Crippen molar-refractivity contribution >= 4 is 28.3 Å². The first-order chi connectivity index (χ1) is 17.0. The number of thioether (sulfide) groups is 1. The van der Waals surface area contributed by atoms with Crippen molar-refractivity contribution in [3.8, 4) is 5.75 Å². The third kappa shape index (κ3) is 7.03. The molecule has 0 saturated heterocycles. The van der Waals surface area contributed by atoms with Crippen LogP contribution >= 0.6 is 11.8 Å². The van der Waals surface area contributed by atoms with Gasteiger partial charge >= 0.3 is 0 Å². The van der Waals surface area contributed by atoms with E-state index in [-0.39, 0.29) is 5.75 Å². The van der Waals surface area contributed by atoms with Gasteiger partial charge in [-0.25, -0.2) is 4.99 Å². The van der Waals surface area contributed by atoms with Crippen molar-refractivity contribution in [2.45, 2.75) is 57.4 Å². The lowest BCUT2D eigenvalue weighted by molar-refractivity contribution is 0.272. The van der Waals surface area contributed by atoms with E-state index in [2.05, 4.69) is 48.5 Å². The number of aryl methyl sites for hydroxylation is 2. The quantitative estimate of drug-likeness (QED) is 0.137. The highest BCUT2D eigenvalue weighted by Crippen LogP contribution is 2.33.